The fourth-order valence-electron chi connectivity index (χ4n) is 2.66. The van der Waals surface area contributed by atoms with Crippen LogP contribution in [0, 0.1) is 20.8 Å². The molecule has 0 aliphatic rings. The first kappa shape index (κ1) is 14.5. The summed E-state index contributed by atoms with van der Waals surface area (Å²) in [5.41, 5.74) is 11.2. The Balaban J connectivity index is 2.57. The van der Waals surface area contributed by atoms with Crippen molar-refractivity contribution >= 4 is 0 Å². The van der Waals surface area contributed by atoms with Gasteiger partial charge in [0.15, 0.2) is 0 Å². The summed E-state index contributed by atoms with van der Waals surface area (Å²) < 4.78 is 1.77. The van der Waals surface area contributed by atoms with Crippen LogP contribution in [0.25, 0.3) is 0 Å². The lowest BCUT2D eigenvalue weighted by molar-refractivity contribution is 0.674. The molecule has 3 nitrogen and oxygen atoms in total. The Kier molecular flexibility index (Phi) is 4.09. The van der Waals surface area contributed by atoms with Gasteiger partial charge in [-0.15, -0.1) is 0 Å². The summed E-state index contributed by atoms with van der Waals surface area (Å²) in [7, 11) is 0. The predicted molar refractivity (Wildman–Crippen MR) is 83.1 cm³/mol. The lowest BCUT2D eigenvalue weighted by Gasteiger charge is -2.18. The van der Waals surface area contributed by atoms with Crippen molar-refractivity contribution in [2.24, 2.45) is 5.73 Å². The molecule has 20 heavy (non-hydrogen) atoms. The van der Waals surface area contributed by atoms with Crippen LogP contribution in [-0.4, -0.2) is 4.57 Å². The van der Waals surface area contributed by atoms with E-state index in [2.05, 4.69) is 0 Å². The summed E-state index contributed by atoms with van der Waals surface area (Å²) in [6, 6.07) is 9.70. The summed E-state index contributed by atoms with van der Waals surface area (Å²) in [4.78, 5) is 12.6. The molecule has 1 atom stereocenters. The molecule has 0 amide bonds. The number of benzene rings is 1. The Morgan fingerprint density at radius 1 is 1.15 bits per heavy atom. The van der Waals surface area contributed by atoms with E-state index in [1.807, 2.05) is 58.0 Å². The van der Waals surface area contributed by atoms with E-state index in [0.717, 1.165) is 16.8 Å². The standard InChI is InChI=1S/C17H22N2O/c1-5-19-13(4)10-12(3)15(17(19)20)16(18)14-8-6-11(2)7-9-14/h6-10,16H,5,18H2,1-4H3. The molecule has 1 aromatic heterocycles. The number of nitrogens with zero attached hydrogens (tertiary/aromatic N) is 1. The molecule has 0 aliphatic heterocycles. The van der Waals surface area contributed by atoms with Crippen LogP contribution in [-0.2, 0) is 6.54 Å². The first-order valence-corrected chi connectivity index (χ1v) is 6.98. The van der Waals surface area contributed by atoms with Crippen LogP contribution in [0.4, 0.5) is 0 Å². The second-order valence-corrected chi connectivity index (χ2v) is 5.32. The lowest BCUT2D eigenvalue weighted by atomic mass is 9.96. The van der Waals surface area contributed by atoms with Crippen LogP contribution >= 0.6 is 0 Å². The van der Waals surface area contributed by atoms with Gasteiger partial charge in [-0.1, -0.05) is 29.8 Å². The molecule has 3 heteroatoms. The van der Waals surface area contributed by atoms with E-state index in [0.29, 0.717) is 12.1 Å². The second kappa shape index (κ2) is 5.63. The van der Waals surface area contributed by atoms with Gasteiger partial charge in [0.05, 0.1) is 6.04 Å². The average molecular weight is 270 g/mol. The van der Waals surface area contributed by atoms with Gasteiger partial charge in [-0.3, -0.25) is 4.79 Å². The SMILES string of the molecule is CCn1c(C)cc(C)c(C(N)c2ccc(C)cc2)c1=O. The lowest BCUT2D eigenvalue weighted by Crippen LogP contribution is -2.31. The smallest absolute Gasteiger partial charge is 0.256 e. The number of hydrogen-bond acceptors (Lipinski definition) is 2. The normalized spacial score (nSPS) is 12.4. The minimum absolute atomic E-state index is 0.0260. The van der Waals surface area contributed by atoms with Crippen LogP contribution in [0.3, 0.4) is 0 Å². The van der Waals surface area contributed by atoms with Crippen molar-refractivity contribution in [1.29, 1.82) is 0 Å². The molecule has 0 bridgehead atoms. The largest absolute Gasteiger partial charge is 0.320 e. The Morgan fingerprint density at radius 3 is 2.30 bits per heavy atom. The van der Waals surface area contributed by atoms with Gasteiger partial charge in [0.25, 0.3) is 5.56 Å². The molecule has 0 radical (unpaired) electrons. The molecule has 2 rings (SSSR count). The van der Waals surface area contributed by atoms with Gasteiger partial charge in [-0.25, -0.2) is 0 Å². The first-order chi connectivity index (χ1) is 9.45. The van der Waals surface area contributed by atoms with Gasteiger partial charge in [0.2, 0.25) is 0 Å². The summed E-state index contributed by atoms with van der Waals surface area (Å²) in [5.74, 6) is 0. The highest BCUT2D eigenvalue weighted by molar-refractivity contribution is 5.37. The maximum Gasteiger partial charge on any atom is 0.256 e. The van der Waals surface area contributed by atoms with Gasteiger partial charge in [0, 0.05) is 17.8 Å². The van der Waals surface area contributed by atoms with E-state index in [9.17, 15) is 4.79 Å². The minimum Gasteiger partial charge on any atom is -0.320 e. The maximum absolute atomic E-state index is 12.6. The van der Waals surface area contributed by atoms with Crippen molar-refractivity contribution in [3.8, 4) is 0 Å². The first-order valence-electron chi connectivity index (χ1n) is 6.98. The summed E-state index contributed by atoms with van der Waals surface area (Å²) >= 11 is 0. The molecular weight excluding hydrogens is 248 g/mol. The van der Waals surface area contributed by atoms with E-state index >= 15 is 0 Å². The minimum atomic E-state index is -0.374. The third-order valence-electron chi connectivity index (χ3n) is 3.82. The van der Waals surface area contributed by atoms with Crippen molar-refractivity contribution in [2.75, 3.05) is 0 Å². The highest BCUT2D eigenvalue weighted by Gasteiger charge is 2.17. The Bertz CT molecular complexity index is 669. The van der Waals surface area contributed by atoms with Crippen molar-refractivity contribution in [1.82, 2.24) is 4.57 Å². The number of nitrogens with two attached hydrogens (primary N) is 1. The van der Waals surface area contributed by atoms with Gasteiger partial charge >= 0.3 is 0 Å². The Morgan fingerprint density at radius 2 is 1.75 bits per heavy atom. The van der Waals surface area contributed by atoms with Gasteiger partial charge in [-0.2, -0.15) is 0 Å². The number of aryl methyl sites for hydroxylation is 3. The fourth-order valence-corrected chi connectivity index (χ4v) is 2.66. The van der Waals surface area contributed by atoms with E-state index < -0.39 is 0 Å². The molecule has 1 heterocycles. The zero-order valence-corrected chi connectivity index (χ0v) is 12.6. The molecule has 0 saturated carbocycles. The number of pyridine rings is 1. The molecule has 0 aliphatic carbocycles. The molecule has 0 saturated heterocycles. The third-order valence-corrected chi connectivity index (χ3v) is 3.82. The molecule has 0 spiro atoms. The van der Waals surface area contributed by atoms with E-state index in [1.165, 1.54) is 5.56 Å². The molecule has 1 aromatic carbocycles. The monoisotopic (exact) mass is 270 g/mol. The van der Waals surface area contributed by atoms with Gasteiger partial charge < -0.3 is 10.3 Å². The van der Waals surface area contributed by atoms with Crippen LogP contribution in [0.15, 0.2) is 35.1 Å². The van der Waals surface area contributed by atoms with E-state index in [1.54, 1.807) is 4.57 Å². The predicted octanol–water partition coefficient (Wildman–Crippen LogP) is 2.84. The van der Waals surface area contributed by atoms with Crippen molar-refractivity contribution < 1.29 is 0 Å². The van der Waals surface area contributed by atoms with Crippen LogP contribution < -0.4 is 11.3 Å². The van der Waals surface area contributed by atoms with E-state index in [4.69, 9.17) is 5.73 Å². The maximum atomic E-state index is 12.6. The van der Waals surface area contributed by atoms with Crippen LogP contribution in [0.1, 0.15) is 40.9 Å². The van der Waals surface area contributed by atoms with Crippen molar-refractivity contribution in [3.05, 3.63) is 68.6 Å². The fraction of sp³-hybridized carbons (Fsp3) is 0.353. The highest BCUT2D eigenvalue weighted by atomic mass is 16.1. The topological polar surface area (TPSA) is 48.0 Å². The molecule has 1 unspecified atom stereocenters. The second-order valence-electron chi connectivity index (χ2n) is 5.32. The molecule has 0 fully saturated rings. The highest BCUT2D eigenvalue weighted by Crippen LogP contribution is 2.21. The molecular formula is C17H22N2O. The van der Waals surface area contributed by atoms with Crippen LogP contribution in [0.2, 0.25) is 0 Å². The quantitative estimate of drug-likeness (QED) is 0.932. The average Bonchev–Trinajstić information content (AvgIpc) is 2.39. The number of rotatable bonds is 3. The Labute approximate surface area is 120 Å². The number of aromatic nitrogens is 1. The van der Waals surface area contributed by atoms with Crippen molar-refractivity contribution in [3.63, 3.8) is 0 Å². The third kappa shape index (κ3) is 2.54. The zero-order chi connectivity index (χ0) is 14.9. The van der Waals surface area contributed by atoms with Crippen LogP contribution in [0.5, 0.6) is 0 Å². The zero-order valence-electron chi connectivity index (χ0n) is 12.6. The molecule has 2 N–H and O–H groups in total. The van der Waals surface area contributed by atoms with Gasteiger partial charge in [-0.05, 0) is 44.9 Å². The molecule has 2 aromatic rings. The number of hydrogen-bond donors (Lipinski definition) is 1. The summed E-state index contributed by atoms with van der Waals surface area (Å²) in [6.45, 7) is 8.59. The summed E-state index contributed by atoms with van der Waals surface area (Å²) in [6.07, 6.45) is 0. The van der Waals surface area contributed by atoms with Crippen molar-refractivity contribution in [2.45, 2.75) is 40.3 Å². The van der Waals surface area contributed by atoms with E-state index in [-0.39, 0.29) is 11.6 Å². The van der Waals surface area contributed by atoms with Gasteiger partial charge in [0.1, 0.15) is 0 Å². The Hall–Kier alpha value is -1.87. The molecule has 106 valence electrons. The summed E-state index contributed by atoms with van der Waals surface area (Å²) in [5, 5.41) is 0.